The first-order valence-electron chi connectivity index (χ1n) is 4.68. The molecule has 7 heteroatoms. The van der Waals surface area contributed by atoms with Crippen molar-refractivity contribution in [1.29, 1.82) is 0 Å². The molecular formula is C8H14N2O4S. The molecule has 86 valence electrons. The van der Waals surface area contributed by atoms with E-state index in [1.165, 1.54) is 0 Å². The van der Waals surface area contributed by atoms with Crippen LogP contribution in [0, 0.1) is 0 Å². The van der Waals surface area contributed by atoms with Crippen molar-refractivity contribution in [2.45, 2.75) is 25.3 Å². The zero-order valence-corrected chi connectivity index (χ0v) is 9.29. The largest absolute Gasteiger partial charge is 0.347 e. The first-order chi connectivity index (χ1) is 6.96. The zero-order chi connectivity index (χ0) is 11.5. The van der Waals surface area contributed by atoms with E-state index in [0.717, 1.165) is 17.0 Å². The van der Waals surface area contributed by atoms with Crippen molar-refractivity contribution in [1.82, 2.24) is 9.62 Å². The minimum absolute atomic E-state index is 0.203. The van der Waals surface area contributed by atoms with Gasteiger partial charge >= 0.3 is 0 Å². The molecule has 1 saturated heterocycles. The molecule has 1 rings (SSSR count). The highest BCUT2D eigenvalue weighted by atomic mass is 32.2. The second kappa shape index (κ2) is 4.61. The van der Waals surface area contributed by atoms with E-state index in [-0.39, 0.29) is 6.54 Å². The standard InChI is InChI=1S/C8H14N2O4S/c1-15(13,14)10-5-3-2-4-7(8(10)12)9-6-11/h6-7H,2-5H2,1H3,(H,9,11)/t7-/m0/s1. The number of nitrogens with zero attached hydrogens (tertiary/aromatic N) is 1. The molecule has 0 aromatic heterocycles. The highest BCUT2D eigenvalue weighted by Gasteiger charge is 2.31. The number of amides is 2. The van der Waals surface area contributed by atoms with E-state index in [0.29, 0.717) is 19.3 Å². The van der Waals surface area contributed by atoms with Crippen molar-refractivity contribution in [2.75, 3.05) is 12.8 Å². The van der Waals surface area contributed by atoms with Crippen LogP contribution in [-0.2, 0) is 19.6 Å². The number of rotatable bonds is 3. The van der Waals surface area contributed by atoms with Gasteiger partial charge in [0, 0.05) is 6.54 Å². The molecule has 1 aliphatic heterocycles. The number of hydrogen-bond donors (Lipinski definition) is 1. The van der Waals surface area contributed by atoms with Crippen LogP contribution in [0.4, 0.5) is 0 Å². The van der Waals surface area contributed by atoms with Gasteiger partial charge in [-0.3, -0.25) is 9.59 Å². The van der Waals surface area contributed by atoms with Crippen LogP contribution in [0.2, 0.25) is 0 Å². The van der Waals surface area contributed by atoms with E-state index in [1.54, 1.807) is 0 Å². The summed E-state index contributed by atoms with van der Waals surface area (Å²) in [5, 5.41) is 2.34. The Kier molecular flexibility index (Phi) is 3.67. The van der Waals surface area contributed by atoms with Gasteiger partial charge in [-0.25, -0.2) is 12.7 Å². The van der Waals surface area contributed by atoms with Gasteiger partial charge in [-0.15, -0.1) is 0 Å². The van der Waals surface area contributed by atoms with Crippen LogP contribution in [0.15, 0.2) is 0 Å². The van der Waals surface area contributed by atoms with E-state index in [1.807, 2.05) is 0 Å². The van der Waals surface area contributed by atoms with Gasteiger partial charge in [0.05, 0.1) is 6.26 Å². The SMILES string of the molecule is CS(=O)(=O)N1CCCC[C@H](NC=O)C1=O. The maximum Gasteiger partial charge on any atom is 0.258 e. The van der Waals surface area contributed by atoms with Gasteiger partial charge in [-0.2, -0.15) is 0 Å². The predicted molar refractivity (Wildman–Crippen MR) is 53.4 cm³/mol. The molecular weight excluding hydrogens is 220 g/mol. The molecule has 1 fully saturated rings. The lowest BCUT2D eigenvalue weighted by molar-refractivity contribution is -0.129. The molecule has 0 aliphatic carbocycles. The summed E-state index contributed by atoms with van der Waals surface area (Å²) < 4.78 is 23.4. The zero-order valence-electron chi connectivity index (χ0n) is 8.47. The Morgan fingerprint density at radius 1 is 1.47 bits per heavy atom. The summed E-state index contributed by atoms with van der Waals surface area (Å²) in [5.41, 5.74) is 0. The Labute approximate surface area is 88.7 Å². The fourth-order valence-electron chi connectivity index (χ4n) is 1.58. The van der Waals surface area contributed by atoms with E-state index in [4.69, 9.17) is 0 Å². The predicted octanol–water partition coefficient (Wildman–Crippen LogP) is -0.927. The normalized spacial score (nSPS) is 23.4. The summed E-state index contributed by atoms with van der Waals surface area (Å²) in [6, 6.07) is -0.709. The summed E-state index contributed by atoms with van der Waals surface area (Å²) >= 11 is 0. The van der Waals surface area contributed by atoms with Gasteiger partial charge < -0.3 is 5.32 Å². The molecule has 0 unspecified atom stereocenters. The first-order valence-corrected chi connectivity index (χ1v) is 6.53. The molecule has 1 aliphatic rings. The van der Waals surface area contributed by atoms with Gasteiger partial charge in [0.25, 0.3) is 5.91 Å². The number of carbonyl (C=O) groups is 2. The minimum atomic E-state index is -3.52. The number of nitrogens with one attached hydrogen (secondary N) is 1. The molecule has 2 amide bonds. The monoisotopic (exact) mass is 234 g/mol. The number of hydrogen-bond acceptors (Lipinski definition) is 4. The summed E-state index contributed by atoms with van der Waals surface area (Å²) in [5.74, 6) is -0.540. The van der Waals surface area contributed by atoms with Gasteiger partial charge in [0.15, 0.2) is 0 Å². The molecule has 0 radical (unpaired) electrons. The quantitative estimate of drug-likeness (QED) is 0.640. The van der Waals surface area contributed by atoms with Crippen LogP contribution in [-0.4, -0.2) is 43.9 Å². The summed E-state index contributed by atoms with van der Waals surface area (Å²) in [6.45, 7) is 0.203. The third kappa shape index (κ3) is 2.92. The second-order valence-corrected chi connectivity index (χ2v) is 5.41. The Hall–Kier alpha value is -1.11. The summed E-state index contributed by atoms with van der Waals surface area (Å²) in [4.78, 5) is 22.0. The minimum Gasteiger partial charge on any atom is -0.347 e. The van der Waals surface area contributed by atoms with Crippen LogP contribution in [0.5, 0.6) is 0 Å². The molecule has 1 heterocycles. The molecule has 15 heavy (non-hydrogen) atoms. The van der Waals surface area contributed by atoms with Crippen molar-refractivity contribution in [2.24, 2.45) is 0 Å². The van der Waals surface area contributed by atoms with Gasteiger partial charge in [0.1, 0.15) is 6.04 Å². The van der Waals surface area contributed by atoms with Crippen molar-refractivity contribution in [3.8, 4) is 0 Å². The average molecular weight is 234 g/mol. The Bertz CT molecular complexity index is 352. The van der Waals surface area contributed by atoms with Crippen molar-refractivity contribution < 1.29 is 18.0 Å². The van der Waals surface area contributed by atoms with E-state index in [9.17, 15) is 18.0 Å². The highest BCUT2D eigenvalue weighted by Crippen LogP contribution is 2.14. The third-order valence-corrected chi connectivity index (χ3v) is 3.48. The van der Waals surface area contributed by atoms with Gasteiger partial charge in [0.2, 0.25) is 16.4 Å². The molecule has 6 nitrogen and oxygen atoms in total. The Morgan fingerprint density at radius 3 is 2.67 bits per heavy atom. The summed E-state index contributed by atoms with van der Waals surface area (Å²) in [7, 11) is -3.52. The molecule has 1 N–H and O–H groups in total. The van der Waals surface area contributed by atoms with Crippen LogP contribution in [0.3, 0.4) is 0 Å². The van der Waals surface area contributed by atoms with Crippen LogP contribution in [0.1, 0.15) is 19.3 Å². The van der Waals surface area contributed by atoms with Crippen molar-refractivity contribution in [3.05, 3.63) is 0 Å². The molecule has 0 aromatic rings. The fraction of sp³-hybridized carbons (Fsp3) is 0.750. The lowest BCUT2D eigenvalue weighted by Gasteiger charge is -2.21. The van der Waals surface area contributed by atoms with Gasteiger partial charge in [-0.1, -0.05) is 0 Å². The number of sulfonamides is 1. The van der Waals surface area contributed by atoms with Crippen molar-refractivity contribution in [3.63, 3.8) is 0 Å². The van der Waals surface area contributed by atoms with Gasteiger partial charge in [-0.05, 0) is 19.3 Å². The van der Waals surface area contributed by atoms with E-state index >= 15 is 0 Å². The average Bonchev–Trinajstić information content (AvgIpc) is 2.29. The maximum absolute atomic E-state index is 11.7. The molecule has 0 spiro atoms. The lowest BCUT2D eigenvalue weighted by Crippen LogP contribution is -2.46. The van der Waals surface area contributed by atoms with Crippen LogP contribution in [0.25, 0.3) is 0 Å². The second-order valence-electron chi connectivity index (χ2n) is 3.51. The fourth-order valence-corrected chi connectivity index (χ4v) is 2.49. The highest BCUT2D eigenvalue weighted by molar-refractivity contribution is 7.88. The molecule has 0 bridgehead atoms. The topological polar surface area (TPSA) is 83.6 Å². The third-order valence-electron chi connectivity index (χ3n) is 2.32. The molecule has 1 atom stereocenters. The number of carbonyl (C=O) groups excluding carboxylic acids is 2. The van der Waals surface area contributed by atoms with Crippen molar-refractivity contribution >= 4 is 22.3 Å². The maximum atomic E-state index is 11.7. The van der Waals surface area contributed by atoms with Crippen LogP contribution < -0.4 is 5.32 Å². The summed E-state index contributed by atoms with van der Waals surface area (Å²) in [6.07, 6.45) is 3.27. The Balaban J connectivity index is 2.89. The lowest BCUT2D eigenvalue weighted by atomic mass is 10.1. The molecule has 0 aromatic carbocycles. The van der Waals surface area contributed by atoms with E-state index < -0.39 is 22.0 Å². The van der Waals surface area contributed by atoms with Crippen LogP contribution >= 0.6 is 0 Å². The molecule has 0 saturated carbocycles. The first kappa shape index (κ1) is 12.0. The Morgan fingerprint density at radius 2 is 2.13 bits per heavy atom. The smallest absolute Gasteiger partial charge is 0.258 e. The van der Waals surface area contributed by atoms with E-state index in [2.05, 4.69) is 5.32 Å².